The lowest BCUT2D eigenvalue weighted by Gasteiger charge is -2.15. The van der Waals surface area contributed by atoms with Crippen molar-refractivity contribution in [3.8, 4) is 0 Å². The van der Waals surface area contributed by atoms with Gasteiger partial charge in [0, 0.05) is 5.69 Å². The molecule has 4 rings (SSSR count). The monoisotopic (exact) mass is 520 g/mol. The van der Waals surface area contributed by atoms with Crippen molar-refractivity contribution in [3.63, 3.8) is 0 Å². The first kappa shape index (κ1) is 25.6. The van der Waals surface area contributed by atoms with E-state index in [1.165, 1.54) is 42.5 Å². The quantitative estimate of drug-likeness (QED) is 0.343. The van der Waals surface area contributed by atoms with E-state index in [0.717, 1.165) is 4.90 Å². The van der Waals surface area contributed by atoms with Crippen molar-refractivity contribution in [1.29, 1.82) is 0 Å². The van der Waals surface area contributed by atoms with Crippen LogP contribution in [0.25, 0.3) is 0 Å². The Morgan fingerprint density at radius 3 is 2.24 bits per heavy atom. The van der Waals surface area contributed by atoms with Gasteiger partial charge in [-0.25, -0.2) is 14.5 Å². The number of hydrogen-bond acceptors (Lipinski definition) is 7. The molecule has 0 aromatic heterocycles. The van der Waals surface area contributed by atoms with Crippen molar-refractivity contribution in [3.05, 3.63) is 94.0 Å². The highest BCUT2D eigenvalue weighted by atomic mass is 35.5. The highest BCUT2D eigenvalue weighted by Gasteiger charge is 2.36. The average Bonchev–Trinajstić information content (AvgIpc) is 3.16. The maximum absolute atomic E-state index is 12.7. The summed E-state index contributed by atoms with van der Waals surface area (Å²) in [6.07, 6.45) is 0.645. The van der Waals surface area contributed by atoms with Crippen molar-refractivity contribution in [2.45, 2.75) is 13.3 Å². The summed E-state index contributed by atoms with van der Waals surface area (Å²) in [4.78, 5) is 63.5. The molecule has 0 radical (unpaired) electrons. The number of benzene rings is 3. The van der Waals surface area contributed by atoms with Crippen LogP contribution in [0.4, 0.5) is 11.4 Å². The number of imide groups is 1. The van der Waals surface area contributed by atoms with Gasteiger partial charge in [0.2, 0.25) is 0 Å². The molecule has 1 heterocycles. The topological polar surface area (TPSA) is 119 Å². The molecule has 0 atom stereocenters. The van der Waals surface area contributed by atoms with Crippen LogP contribution in [-0.2, 0) is 14.3 Å². The lowest BCUT2D eigenvalue weighted by Crippen LogP contribution is -2.29. The molecule has 3 aromatic rings. The highest BCUT2D eigenvalue weighted by molar-refractivity contribution is 6.34. The molecular weight excluding hydrogens is 500 g/mol. The van der Waals surface area contributed by atoms with Gasteiger partial charge in [-0.05, 0) is 55.0 Å². The number of rotatable bonds is 8. The number of halogens is 1. The van der Waals surface area contributed by atoms with Gasteiger partial charge in [-0.2, -0.15) is 0 Å². The zero-order chi connectivity index (χ0) is 26.5. The summed E-state index contributed by atoms with van der Waals surface area (Å²) in [7, 11) is 0. The van der Waals surface area contributed by atoms with Gasteiger partial charge in [0.1, 0.15) is 0 Å². The lowest BCUT2D eigenvalue weighted by molar-refractivity contribution is -0.119. The SMILES string of the molecule is CCCOC(=O)c1cc(NC(=O)COC(=O)c2cccc(N3C(=O)c4ccccc4C3=O)c2)ccc1Cl. The number of fused-ring (bicyclic) bond motifs is 1. The maximum Gasteiger partial charge on any atom is 0.339 e. The van der Waals surface area contributed by atoms with Gasteiger partial charge in [0.25, 0.3) is 17.7 Å². The molecule has 0 aliphatic carbocycles. The fourth-order valence-electron chi connectivity index (χ4n) is 3.64. The normalized spacial score (nSPS) is 12.2. The summed E-state index contributed by atoms with van der Waals surface area (Å²) in [5, 5.41) is 2.69. The number of ether oxygens (including phenoxy) is 2. The Bertz CT molecular complexity index is 1380. The van der Waals surface area contributed by atoms with Gasteiger partial charge >= 0.3 is 11.9 Å². The van der Waals surface area contributed by atoms with Crippen LogP contribution in [0.15, 0.2) is 66.7 Å². The van der Waals surface area contributed by atoms with Crippen LogP contribution in [0.2, 0.25) is 5.02 Å². The number of carbonyl (C=O) groups excluding carboxylic acids is 5. The summed E-state index contributed by atoms with van der Waals surface area (Å²) < 4.78 is 10.2. The predicted molar refractivity (Wildman–Crippen MR) is 135 cm³/mol. The second-order valence-electron chi connectivity index (χ2n) is 8.00. The Kier molecular flexibility index (Phi) is 7.64. The summed E-state index contributed by atoms with van der Waals surface area (Å²) in [6, 6.07) is 16.5. The smallest absolute Gasteiger partial charge is 0.339 e. The summed E-state index contributed by atoms with van der Waals surface area (Å²) in [6.45, 7) is 1.47. The van der Waals surface area contributed by atoms with E-state index in [4.69, 9.17) is 21.1 Å². The lowest BCUT2D eigenvalue weighted by atomic mass is 10.1. The number of nitrogens with zero attached hydrogens (tertiary/aromatic N) is 1. The average molecular weight is 521 g/mol. The molecule has 1 aliphatic heterocycles. The van der Waals surface area contributed by atoms with Crippen LogP contribution in [0.1, 0.15) is 54.8 Å². The Morgan fingerprint density at radius 2 is 1.57 bits per heavy atom. The van der Waals surface area contributed by atoms with Crippen LogP contribution in [0, 0.1) is 0 Å². The van der Waals surface area contributed by atoms with Crippen molar-refractivity contribution < 1.29 is 33.4 Å². The zero-order valence-electron chi connectivity index (χ0n) is 19.7. The van der Waals surface area contributed by atoms with E-state index in [1.54, 1.807) is 24.3 Å². The van der Waals surface area contributed by atoms with E-state index >= 15 is 0 Å². The second kappa shape index (κ2) is 11.0. The third-order valence-corrected chi connectivity index (χ3v) is 5.71. The maximum atomic E-state index is 12.7. The van der Waals surface area contributed by atoms with E-state index in [9.17, 15) is 24.0 Å². The van der Waals surface area contributed by atoms with Crippen LogP contribution in [0.3, 0.4) is 0 Å². The number of amides is 3. The van der Waals surface area contributed by atoms with Crippen LogP contribution in [0.5, 0.6) is 0 Å². The predicted octanol–water partition coefficient (Wildman–Crippen LogP) is 4.50. The first-order chi connectivity index (χ1) is 17.8. The highest BCUT2D eigenvalue weighted by Crippen LogP contribution is 2.29. The van der Waals surface area contributed by atoms with Crippen molar-refractivity contribution in [1.82, 2.24) is 0 Å². The molecular formula is C27H21ClN2O7. The second-order valence-corrected chi connectivity index (χ2v) is 8.40. The van der Waals surface area contributed by atoms with Crippen molar-refractivity contribution in [2.75, 3.05) is 23.4 Å². The number of anilines is 2. The molecule has 37 heavy (non-hydrogen) atoms. The molecule has 0 unspecified atom stereocenters. The molecule has 0 saturated carbocycles. The van der Waals surface area contributed by atoms with Crippen LogP contribution in [-0.4, -0.2) is 42.9 Å². The molecule has 1 N–H and O–H groups in total. The molecule has 9 nitrogen and oxygen atoms in total. The van der Waals surface area contributed by atoms with Gasteiger partial charge in [-0.1, -0.05) is 36.7 Å². The number of hydrogen-bond donors (Lipinski definition) is 1. The standard InChI is InChI=1S/C27H21ClN2O7/c1-2-12-36-27(35)21-14-17(10-11-22(21)28)29-23(31)15-37-26(34)16-6-5-7-18(13-16)30-24(32)19-8-3-4-9-20(19)25(30)33/h3-11,13-14H,2,12,15H2,1H3,(H,29,31). The molecule has 188 valence electrons. The van der Waals surface area contributed by atoms with Gasteiger partial charge < -0.3 is 14.8 Å². The minimum Gasteiger partial charge on any atom is -0.462 e. The largest absolute Gasteiger partial charge is 0.462 e. The van der Waals surface area contributed by atoms with E-state index in [2.05, 4.69) is 5.32 Å². The van der Waals surface area contributed by atoms with E-state index in [0.29, 0.717) is 6.42 Å². The number of carbonyl (C=O) groups is 5. The molecule has 1 aliphatic rings. The van der Waals surface area contributed by atoms with Gasteiger partial charge in [0.05, 0.1) is 39.6 Å². The number of esters is 2. The zero-order valence-corrected chi connectivity index (χ0v) is 20.4. The van der Waals surface area contributed by atoms with E-state index in [1.807, 2.05) is 6.92 Å². The van der Waals surface area contributed by atoms with Crippen molar-refractivity contribution >= 4 is 52.6 Å². The van der Waals surface area contributed by atoms with Crippen molar-refractivity contribution in [2.24, 2.45) is 0 Å². The molecule has 0 bridgehead atoms. The van der Waals surface area contributed by atoms with E-state index < -0.39 is 36.3 Å². The fourth-order valence-corrected chi connectivity index (χ4v) is 3.83. The summed E-state index contributed by atoms with van der Waals surface area (Å²) in [5.74, 6) is -3.08. The van der Waals surface area contributed by atoms with Gasteiger partial charge in [-0.15, -0.1) is 0 Å². The number of nitrogens with one attached hydrogen (secondary N) is 1. The molecule has 3 aromatic carbocycles. The molecule has 0 saturated heterocycles. The Hall–Kier alpha value is -4.50. The fraction of sp³-hybridized carbons (Fsp3) is 0.148. The third kappa shape index (κ3) is 5.52. The molecule has 10 heteroatoms. The summed E-state index contributed by atoms with van der Waals surface area (Å²) in [5.41, 5.74) is 1.17. The van der Waals surface area contributed by atoms with Crippen LogP contribution < -0.4 is 10.2 Å². The molecule has 0 fully saturated rings. The minimum absolute atomic E-state index is 0.0503. The Morgan fingerprint density at radius 1 is 0.865 bits per heavy atom. The van der Waals surface area contributed by atoms with Gasteiger partial charge in [-0.3, -0.25) is 14.4 Å². The Labute approximate surface area is 216 Å². The minimum atomic E-state index is -0.825. The summed E-state index contributed by atoms with van der Waals surface area (Å²) >= 11 is 6.05. The Balaban J connectivity index is 1.39. The van der Waals surface area contributed by atoms with E-state index in [-0.39, 0.29) is 45.3 Å². The van der Waals surface area contributed by atoms with Crippen LogP contribution >= 0.6 is 11.6 Å². The first-order valence-corrected chi connectivity index (χ1v) is 11.7. The first-order valence-electron chi connectivity index (χ1n) is 11.3. The molecule has 3 amide bonds. The third-order valence-electron chi connectivity index (χ3n) is 5.38. The molecule has 0 spiro atoms. The van der Waals surface area contributed by atoms with Gasteiger partial charge in [0.15, 0.2) is 6.61 Å².